The molecule has 0 amide bonds. The maximum Gasteiger partial charge on any atom is 0.152 e. The number of hydrogen-bond acceptors (Lipinski definition) is 5. The van der Waals surface area contributed by atoms with E-state index in [0.717, 1.165) is 34.5 Å². The van der Waals surface area contributed by atoms with Crippen LogP contribution < -0.4 is 10.5 Å². The molecule has 0 bridgehead atoms. The van der Waals surface area contributed by atoms with E-state index in [2.05, 4.69) is 25.1 Å². The predicted molar refractivity (Wildman–Crippen MR) is 112 cm³/mol. The Bertz CT molecular complexity index is 919. The number of nitrogens with two attached hydrogens (primary N) is 1. The first-order valence-corrected chi connectivity index (χ1v) is 9.04. The smallest absolute Gasteiger partial charge is 0.152 e. The first kappa shape index (κ1) is 19.0. The molecule has 5 nitrogen and oxygen atoms in total. The number of benzene rings is 2. The largest absolute Gasteiger partial charge is 0.497 e. The maximum atomic E-state index is 6.07. The van der Waals surface area contributed by atoms with Crippen LogP contribution in [0.3, 0.4) is 0 Å². The number of nitrogens with zero attached hydrogens (tertiary/aromatic N) is 3. The number of rotatable bonds is 7. The average Bonchev–Trinajstić information content (AvgIpc) is 2.70. The highest BCUT2D eigenvalue weighted by Gasteiger charge is 2.17. The fourth-order valence-electron chi connectivity index (χ4n) is 3.10. The minimum atomic E-state index is 0.154. The Labute approximate surface area is 160 Å². The molecule has 3 aromatic rings. The Morgan fingerprint density at radius 2 is 1.78 bits per heavy atom. The second-order valence-electron chi connectivity index (χ2n) is 6.79. The Morgan fingerprint density at radius 1 is 1.04 bits per heavy atom. The molecular weight excluding hydrogens is 336 g/mol. The lowest BCUT2D eigenvalue weighted by atomic mass is 10.00. The summed E-state index contributed by atoms with van der Waals surface area (Å²) in [6.07, 6.45) is 3.96. The molecule has 0 fully saturated rings. The van der Waals surface area contributed by atoms with Crippen LogP contribution in [0, 0.1) is 0 Å². The zero-order valence-electron chi connectivity index (χ0n) is 16.1. The Kier molecular flexibility index (Phi) is 6.16. The molecule has 0 aliphatic heterocycles. The number of likely N-dealkylation sites (N-methyl/N-ethyl adjacent to an activating group) is 1. The molecule has 1 aromatic heterocycles. The standard InChI is InChI=1S/C22H26N4O/c1-26(2)15-17(14-23)22-19-6-4-5-7-20(19)24-21(25-22)13-10-16-8-11-18(27-3)12-9-16/h4-13,17H,14-15,23H2,1-3H3/b13-10+/t17-/m0/s1. The number of aromatic nitrogens is 2. The van der Waals surface area contributed by atoms with Crippen LogP contribution in [-0.2, 0) is 0 Å². The lowest BCUT2D eigenvalue weighted by molar-refractivity contribution is 0.373. The van der Waals surface area contributed by atoms with Gasteiger partial charge < -0.3 is 15.4 Å². The fraction of sp³-hybridized carbons (Fsp3) is 0.273. The van der Waals surface area contributed by atoms with Gasteiger partial charge in [-0.2, -0.15) is 0 Å². The van der Waals surface area contributed by atoms with Crippen molar-refractivity contribution in [2.45, 2.75) is 5.92 Å². The summed E-state index contributed by atoms with van der Waals surface area (Å²) in [7, 11) is 5.77. The van der Waals surface area contributed by atoms with Gasteiger partial charge in [0.1, 0.15) is 5.75 Å². The average molecular weight is 362 g/mol. The molecule has 27 heavy (non-hydrogen) atoms. The summed E-state index contributed by atoms with van der Waals surface area (Å²) >= 11 is 0. The van der Waals surface area contributed by atoms with Crippen molar-refractivity contribution in [3.8, 4) is 5.75 Å². The van der Waals surface area contributed by atoms with Crippen molar-refractivity contribution in [3.63, 3.8) is 0 Å². The van der Waals surface area contributed by atoms with Crippen molar-refractivity contribution in [1.29, 1.82) is 0 Å². The summed E-state index contributed by atoms with van der Waals surface area (Å²) in [5, 5.41) is 1.07. The molecule has 0 saturated carbocycles. The Balaban J connectivity index is 1.99. The third-order valence-corrected chi connectivity index (χ3v) is 4.45. The first-order valence-electron chi connectivity index (χ1n) is 9.04. The lowest BCUT2D eigenvalue weighted by Crippen LogP contribution is -2.27. The number of ether oxygens (including phenoxy) is 1. The second-order valence-corrected chi connectivity index (χ2v) is 6.79. The minimum absolute atomic E-state index is 0.154. The molecule has 1 atom stereocenters. The quantitative estimate of drug-likeness (QED) is 0.698. The van der Waals surface area contributed by atoms with Crippen LogP contribution in [0.15, 0.2) is 48.5 Å². The lowest BCUT2D eigenvalue weighted by Gasteiger charge is -2.20. The van der Waals surface area contributed by atoms with Gasteiger partial charge in [0.25, 0.3) is 0 Å². The Hall–Kier alpha value is -2.76. The normalized spacial score (nSPS) is 12.8. The van der Waals surface area contributed by atoms with E-state index in [1.54, 1.807) is 7.11 Å². The van der Waals surface area contributed by atoms with E-state index in [-0.39, 0.29) is 5.92 Å². The van der Waals surface area contributed by atoms with E-state index >= 15 is 0 Å². The second kappa shape index (κ2) is 8.75. The summed E-state index contributed by atoms with van der Waals surface area (Å²) in [6.45, 7) is 1.39. The molecule has 5 heteroatoms. The van der Waals surface area contributed by atoms with Crippen molar-refractivity contribution in [3.05, 3.63) is 65.6 Å². The Morgan fingerprint density at radius 3 is 2.44 bits per heavy atom. The number of hydrogen-bond donors (Lipinski definition) is 1. The van der Waals surface area contributed by atoms with Crippen molar-refractivity contribution in [1.82, 2.24) is 14.9 Å². The zero-order chi connectivity index (χ0) is 19.2. The molecule has 0 saturated heterocycles. The van der Waals surface area contributed by atoms with Crippen LogP contribution in [-0.4, -0.2) is 49.2 Å². The number of fused-ring (bicyclic) bond motifs is 1. The molecular formula is C22H26N4O. The topological polar surface area (TPSA) is 64.3 Å². The van der Waals surface area contributed by atoms with Gasteiger partial charge in [-0.15, -0.1) is 0 Å². The van der Waals surface area contributed by atoms with Gasteiger partial charge in [0, 0.05) is 24.4 Å². The van der Waals surface area contributed by atoms with Gasteiger partial charge in [-0.3, -0.25) is 0 Å². The van der Waals surface area contributed by atoms with Crippen molar-refractivity contribution in [2.24, 2.45) is 5.73 Å². The molecule has 0 unspecified atom stereocenters. The van der Waals surface area contributed by atoms with Gasteiger partial charge in [0.05, 0.1) is 18.3 Å². The van der Waals surface area contributed by atoms with Crippen molar-refractivity contribution >= 4 is 23.1 Å². The minimum Gasteiger partial charge on any atom is -0.497 e. The van der Waals surface area contributed by atoms with Crippen LogP contribution in [0.4, 0.5) is 0 Å². The molecule has 2 N–H and O–H groups in total. The SMILES string of the molecule is COc1ccc(/C=C/c2nc([C@@H](CN)CN(C)C)c3ccccc3n2)cc1. The monoisotopic (exact) mass is 362 g/mol. The van der Waals surface area contributed by atoms with Gasteiger partial charge in [0.2, 0.25) is 0 Å². The molecule has 2 aromatic carbocycles. The summed E-state index contributed by atoms with van der Waals surface area (Å²) in [5.41, 5.74) is 9.08. The summed E-state index contributed by atoms with van der Waals surface area (Å²) in [4.78, 5) is 11.7. The van der Waals surface area contributed by atoms with Gasteiger partial charge >= 0.3 is 0 Å². The highest BCUT2D eigenvalue weighted by molar-refractivity contribution is 5.83. The van der Waals surface area contributed by atoms with E-state index in [4.69, 9.17) is 20.4 Å². The number of methoxy groups -OCH3 is 1. The van der Waals surface area contributed by atoms with E-state index in [1.165, 1.54) is 0 Å². The molecule has 3 rings (SSSR count). The van der Waals surface area contributed by atoms with Crippen LogP contribution in [0.2, 0.25) is 0 Å². The third-order valence-electron chi connectivity index (χ3n) is 4.45. The van der Waals surface area contributed by atoms with Gasteiger partial charge in [-0.25, -0.2) is 9.97 Å². The molecule has 0 radical (unpaired) electrons. The predicted octanol–water partition coefficient (Wildman–Crippen LogP) is 3.41. The van der Waals surface area contributed by atoms with Crippen LogP contribution in [0.25, 0.3) is 23.1 Å². The van der Waals surface area contributed by atoms with Gasteiger partial charge in [0.15, 0.2) is 5.82 Å². The highest BCUT2D eigenvalue weighted by Crippen LogP contribution is 2.24. The van der Waals surface area contributed by atoms with E-state index in [9.17, 15) is 0 Å². The van der Waals surface area contributed by atoms with E-state index < -0.39 is 0 Å². The fourth-order valence-corrected chi connectivity index (χ4v) is 3.10. The summed E-state index contributed by atoms with van der Waals surface area (Å²) < 4.78 is 5.20. The van der Waals surface area contributed by atoms with Crippen LogP contribution >= 0.6 is 0 Å². The van der Waals surface area contributed by atoms with Crippen molar-refractivity contribution in [2.75, 3.05) is 34.3 Å². The van der Waals surface area contributed by atoms with Gasteiger partial charge in [-0.1, -0.05) is 36.4 Å². The van der Waals surface area contributed by atoms with Gasteiger partial charge in [-0.05, 0) is 43.9 Å². The third kappa shape index (κ3) is 4.70. The van der Waals surface area contributed by atoms with Crippen LogP contribution in [0.1, 0.15) is 23.0 Å². The first-order chi connectivity index (χ1) is 13.1. The summed E-state index contributed by atoms with van der Waals surface area (Å²) in [6, 6.07) is 16.0. The molecule has 1 heterocycles. The summed E-state index contributed by atoms with van der Waals surface area (Å²) in [5.74, 6) is 1.68. The highest BCUT2D eigenvalue weighted by atomic mass is 16.5. The maximum absolute atomic E-state index is 6.07. The zero-order valence-corrected chi connectivity index (χ0v) is 16.1. The molecule has 0 aliphatic rings. The van der Waals surface area contributed by atoms with E-state index in [0.29, 0.717) is 12.4 Å². The van der Waals surface area contributed by atoms with E-state index in [1.807, 2.05) is 54.6 Å². The number of para-hydroxylation sites is 1. The van der Waals surface area contributed by atoms with Crippen molar-refractivity contribution < 1.29 is 4.74 Å². The molecule has 140 valence electrons. The molecule has 0 aliphatic carbocycles. The van der Waals surface area contributed by atoms with Crippen LogP contribution in [0.5, 0.6) is 5.75 Å². The molecule has 0 spiro atoms.